The van der Waals surface area contributed by atoms with Gasteiger partial charge in [-0.1, -0.05) is 39.7 Å². The summed E-state index contributed by atoms with van der Waals surface area (Å²) in [5, 5.41) is 3.44. The van der Waals surface area contributed by atoms with Crippen LogP contribution in [0.5, 0.6) is 0 Å². The first-order valence-corrected chi connectivity index (χ1v) is 8.15. The quantitative estimate of drug-likeness (QED) is 0.887. The molecular formula is C17H29N3. The number of anilines is 1. The standard InChI is InChI=1S/C17H29N3/c1-4-16-8-6-5-7-11-20(16)17-10-9-15(13-19-17)12-18-14(2)3/h9-10,13-14,16,18H,4-8,11-12H2,1-3H3. The first-order valence-electron chi connectivity index (χ1n) is 8.15. The second-order valence-electron chi connectivity index (χ2n) is 6.17. The van der Waals surface area contributed by atoms with E-state index in [0.29, 0.717) is 12.1 Å². The van der Waals surface area contributed by atoms with E-state index in [1.54, 1.807) is 0 Å². The van der Waals surface area contributed by atoms with Crippen LogP contribution in [0.4, 0.5) is 5.82 Å². The van der Waals surface area contributed by atoms with E-state index in [-0.39, 0.29) is 0 Å². The van der Waals surface area contributed by atoms with Crippen LogP contribution in [-0.4, -0.2) is 23.6 Å². The highest BCUT2D eigenvalue weighted by Crippen LogP contribution is 2.24. The van der Waals surface area contributed by atoms with E-state index in [9.17, 15) is 0 Å². The van der Waals surface area contributed by atoms with Gasteiger partial charge in [-0.3, -0.25) is 0 Å². The molecule has 112 valence electrons. The molecule has 0 spiro atoms. The highest BCUT2D eigenvalue weighted by atomic mass is 15.2. The lowest BCUT2D eigenvalue weighted by Crippen LogP contribution is -2.35. The predicted octanol–water partition coefficient (Wildman–Crippen LogP) is 3.74. The van der Waals surface area contributed by atoms with E-state index >= 15 is 0 Å². The highest BCUT2D eigenvalue weighted by Gasteiger charge is 2.20. The third-order valence-corrected chi connectivity index (χ3v) is 4.17. The molecule has 1 atom stereocenters. The molecule has 0 aliphatic carbocycles. The summed E-state index contributed by atoms with van der Waals surface area (Å²) < 4.78 is 0. The van der Waals surface area contributed by atoms with Crippen molar-refractivity contribution in [3.63, 3.8) is 0 Å². The molecule has 2 rings (SSSR count). The fraction of sp³-hybridized carbons (Fsp3) is 0.706. The Morgan fingerprint density at radius 2 is 2.15 bits per heavy atom. The molecule has 3 heteroatoms. The van der Waals surface area contributed by atoms with Crippen LogP contribution >= 0.6 is 0 Å². The van der Waals surface area contributed by atoms with Crippen molar-refractivity contribution in [1.29, 1.82) is 0 Å². The van der Waals surface area contributed by atoms with Gasteiger partial charge in [0.1, 0.15) is 5.82 Å². The van der Waals surface area contributed by atoms with Crippen molar-refractivity contribution in [3.05, 3.63) is 23.9 Å². The van der Waals surface area contributed by atoms with E-state index in [1.807, 2.05) is 6.20 Å². The van der Waals surface area contributed by atoms with E-state index in [2.05, 4.69) is 43.1 Å². The molecule has 1 saturated heterocycles. The molecule has 0 amide bonds. The largest absolute Gasteiger partial charge is 0.354 e. The van der Waals surface area contributed by atoms with Gasteiger partial charge in [0.05, 0.1) is 0 Å². The van der Waals surface area contributed by atoms with Crippen LogP contribution in [0.3, 0.4) is 0 Å². The average molecular weight is 275 g/mol. The van der Waals surface area contributed by atoms with Gasteiger partial charge in [0.25, 0.3) is 0 Å². The molecule has 0 radical (unpaired) electrons. The van der Waals surface area contributed by atoms with Gasteiger partial charge in [-0.15, -0.1) is 0 Å². The molecule has 2 heterocycles. The van der Waals surface area contributed by atoms with Crippen molar-refractivity contribution in [2.75, 3.05) is 11.4 Å². The molecule has 0 saturated carbocycles. The van der Waals surface area contributed by atoms with E-state index < -0.39 is 0 Å². The third kappa shape index (κ3) is 4.20. The summed E-state index contributed by atoms with van der Waals surface area (Å²) in [5.74, 6) is 1.16. The van der Waals surface area contributed by atoms with Gasteiger partial charge in [0.15, 0.2) is 0 Å². The van der Waals surface area contributed by atoms with Crippen LogP contribution in [0, 0.1) is 0 Å². The molecule has 20 heavy (non-hydrogen) atoms. The molecule has 1 aromatic heterocycles. The zero-order valence-corrected chi connectivity index (χ0v) is 13.2. The van der Waals surface area contributed by atoms with Gasteiger partial charge in [-0.2, -0.15) is 0 Å². The summed E-state index contributed by atoms with van der Waals surface area (Å²) in [6.45, 7) is 8.71. The zero-order valence-electron chi connectivity index (χ0n) is 13.2. The SMILES string of the molecule is CCC1CCCCCN1c1ccc(CNC(C)C)cn1. The molecule has 3 nitrogen and oxygen atoms in total. The third-order valence-electron chi connectivity index (χ3n) is 4.17. The van der Waals surface area contributed by atoms with Gasteiger partial charge in [-0.05, 0) is 30.9 Å². The van der Waals surface area contributed by atoms with Gasteiger partial charge in [-0.25, -0.2) is 4.98 Å². The minimum Gasteiger partial charge on any atom is -0.354 e. The Bertz CT molecular complexity index is 386. The van der Waals surface area contributed by atoms with E-state index in [4.69, 9.17) is 4.98 Å². The Kier molecular flexibility index (Phi) is 5.84. The van der Waals surface area contributed by atoms with Crippen molar-refractivity contribution < 1.29 is 0 Å². The number of hydrogen-bond acceptors (Lipinski definition) is 3. The topological polar surface area (TPSA) is 28.2 Å². The summed E-state index contributed by atoms with van der Waals surface area (Å²) in [5.41, 5.74) is 1.27. The molecule has 0 aromatic carbocycles. The number of nitrogens with one attached hydrogen (secondary N) is 1. The summed E-state index contributed by atoms with van der Waals surface area (Å²) in [6.07, 6.45) is 8.60. The first kappa shape index (κ1) is 15.3. The molecule has 1 fully saturated rings. The van der Waals surface area contributed by atoms with Crippen LogP contribution in [0.1, 0.15) is 58.4 Å². The zero-order chi connectivity index (χ0) is 14.4. The highest BCUT2D eigenvalue weighted by molar-refractivity contribution is 5.40. The van der Waals surface area contributed by atoms with Crippen LogP contribution < -0.4 is 10.2 Å². The number of pyridine rings is 1. The fourth-order valence-electron chi connectivity index (χ4n) is 2.92. The Labute approximate surface area is 123 Å². The molecule has 1 aliphatic heterocycles. The van der Waals surface area contributed by atoms with Crippen LogP contribution in [-0.2, 0) is 6.54 Å². The van der Waals surface area contributed by atoms with Crippen LogP contribution in [0.25, 0.3) is 0 Å². The molecule has 1 N–H and O–H groups in total. The summed E-state index contributed by atoms with van der Waals surface area (Å²) in [6, 6.07) is 5.61. The van der Waals surface area contributed by atoms with Crippen molar-refractivity contribution in [1.82, 2.24) is 10.3 Å². The summed E-state index contributed by atoms with van der Waals surface area (Å²) in [4.78, 5) is 7.23. The monoisotopic (exact) mass is 275 g/mol. The molecule has 1 unspecified atom stereocenters. The van der Waals surface area contributed by atoms with Gasteiger partial charge in [0, 0.05) is 31.4 Å². The van der Waals surface area contributed by atoms with E-state index in [1.165, 1.54) is 37.7 Å². The van der Waals surface area contributed by atoms with Gasteiger partial charge >= 0.3 is 0 Å². The van der Waals surface area contributed by atoms with Crippen molar-refractivity contribution >= 4 is 5.82 Å². The lowest BCUT2D eigenvalue weighted by molar-refractivity contribution is 0.551. The Balaban J connectivity index is 2.03. The second-order valence-corrected chi connectivity index (χ2v) is 6.17. The maximum atomic E-state index is 4.71. The van der Waals surface area contributed by atoms with Crippen molar-refractivity contribution in [2.45, 2.75) is 71.5 Å². The van der Waals surface area contributed by atoms with E-state index in [0.717, 1.165) is 18.9 Å². The summed E-state index contributed by atoms with van der Waals surface area (Å²) in [7, 11) is 0. The fourth-order valence-corrected chi connectivity index (χ4v) is 2.92. The predicted molar refractivity (Wildman–Crippen MR) is 86.1 cm³/mol. The number of aromatic nitrogens is 1. The normalized spacial score (nSPS) is 20.2. The maximum absolute atomic E-state index is 4.71. The maximum Gasteiger partial charge on any atom is 0.128 e. The average Bonchev–Trinajstić information content (AvgIpc) is 2.70. The van der Waals surface area contributed by atoms with Gasteiger partial charge < -0.3 is 10.2 Å². The second kappa shape index (κ2) is 7.63. The van der Waals surface area contributed by atoms with Crippen LogP contribution in [0.2, 0.25) is 0 Å². The first-order chi connectivity index (χ1) is 9.70. The minimum absolute atomic E-state index is 0.518. The smallest absolute Gasteiger partial charge is 0.128 e. The number of hydrogen-bond donors (Lipinski definition) is 1. The minimum atomic E-state index is 0.518. The molecule has 1 aromatic rings. The molecule has 0 bridgehead atoms. The number of nitrogens with zero attached hydrogens (tertiary/aromatic N) is 2. The lowest BCUT2D eigenvalue weighted by Gasteiger charge is -2.30. The molecule has 1 aliphatic rings. The Morgan fingerprint density at radius 3 is 2.80 bits per heavy atom. The van der Waals surface area contributed by atoms with Crippen molar-refractivity contribution in [2.24, 2.45) is 0 Å². The van der Waals surface area contributed by atoms with Crippen LogP contribution in [0.15, 0.2) is 18.3 Å². The van der Waals surface area contributed by atoms with Crippen molar-refractivity contribution in [3.8, 4) is 0 Å². The van der Waals surface area contributed by atoms with Gasteiger partial charge in [0.2, 0.25) is 0 Å². The summed E-state index contributed by atoms with van der Waals surface area (Å²) >= 11 is 0. The Morgan fingerprint density at radius 1 is 1.30 bits per heavy atom. The lowest BCUT2D eigenvalue weighted by atomic mass is 10.1. The molecular weight excluding hydrogens is 246 g/mol. The Hall–Kier alpha value is -1.09. The number of rotatable bonds is 5.